The van der Waals surface area contributed by atoms with Crippen molar-refractivity contribution in [2.45, 2.75) is 39.8 Å². The summed E-state index contributed by atoms with van der Waals surface area (Å²) in [6.45, 7) is 9.36. The lowest BCUT2D eigenvalue weighted by Crippen LogP contribution is -2.35. The Labute approximate surface area is 139 Å². The van der Waals surface area contributed by atoms with Gasteiger partial charge in [-0.1, -0.05) is 0 Å². The molecule has 0 spiro atoms. The fourth-order valence-corrected chi connectivity index (χ4v) is 2.46. The lowest BCUT2D eigenvalue weighted by molar-refractivity contribution is -0.119. The summed E-state index contributed by atoms with van der Waals surface area (Å²) < 4.78 is 12.0. The van der Waals surface area contributed by atoms with E-state index in [9.17, 15) is 4.79 Å². The topological polar surface area (TPSA) is 73.6 Å². The van der Waals surface area contributed by atoms with Crippen LogP contribution in [0.25, 0.3) is 0 Å². The van der Waals surface area contributed by atoms with Crippen molar-refractivity contribution in [2.75, 3.05) is 13.2 Å². The second kappa shape index (κ2) is 7.84. The number of hydrogen-bond acceptors (Lipinski definition) is 4. The maximum absolute atomic E-state index is 10.9. The van der Waals surface area contributed by atoms with Crippen molar-refractivity contribution in [1.29, 1.82) is 0 Å². The number of benzene rings is 1. The zero-order valence-corrected chi connectivity index (χ0v) is 15.1. The van der Waals surface area contributed by atoms with Gasteiger partial charge in [0.25, 0.3) is 5.91 Å². The molecule has 0 radical (unpaired) electrons. The highest BCUT2D eigenvalue weighted by Gasteiger charge is 2.15. The summed E-state index contributed by atoms with van der Waals surface area (Å²) in [4.78, 5) is 10.9. The number of nitrogens with two attached hydrogens (primary N) is 1. The van der Waals surface area contributed by atoms with Crippen LogP contribution in [0.2, 0.25) is 0 Å². The number of halogens is 1. The largest absolute Gasteiger partial charge is 0.490 e. The summed E-state index contributed by atoms with van der Waals surface area (Å²) in [7, 11) is 0. The fourth-order valence-electron chi connectivity index (χ4n) is 1.64. The van der Waals surface area contributed by atoms with Crippen LogP contribution in [0.4, 0.5) is 0 Å². The molecule has 1 amide bonds. The molecule has 21 heavy (non-hydrogen) atoms. The zero-order valence-electron chi connectivity index (χ0n) is 13.0. The smallest absolute Gasteiger partial charge is 0.255 e. The second-order valence-electron chi connectivity index (χ2n) is 5.70. The lowest BCUT2D eigenvalue weighted by atomic mass is 10.1. The van der Waals surface area contributed by atoms with E-state index in [1.807, 2.05) is 19.1 Å². The molecule has 0 heterocycles. The Balaban J connectivity index is 2.97. The monoisotopic (exact) mass is 406 g/mol. The molecule has 0 saturated carbocycles. The first-order valence-corrected chi connectivity index (χ1v) is 7.92. The molecule has 1 aromatic rings. The number of nitrogens with one attached hydrogen (secondary N) is 1. The normalized spacial score (nSPS) is 11.3. The number of carbonyl (C=O) groups is 1. The van der Waals surface area contributed by atoms with Gasteiger partial charge in [0.2, 0.25) is 0 Å². The SMILES string of the molecule is CCOc1cc(CNC(C)(C)C)cc(I)c1OCC(N)=O. The molecule has 5 nitrogen and oxygen atoms in total. The average molecular weight is 406 g/mol. The first-order valence-electron chi connectivity index (χ1n) is 6.84. The first-order chi connectivity index (χ1) is 9.73. The molecule has 1 rings (SSSR count). The molecule has 0 aromatic heterocycles. The number of carbonyl (C=O) groups excluding carboxylic acids is 1. The maximum Gasteiger partial charge on any atom is 0.255 e. The van der Waals surface area contributed by atoms with Crippen LogP contribution in [0.3, 0.4) is 0 Å². The van der Waals surface area contributed by atoms with Crippen LogP contribution in [0.5, 0.6) is 11.5 Å². The zero-order chi connectivity index (χ0) is 16.0. The summed E-state index contributed by atoms with van der Waals surface area (Å²) in [5, 5.41) is 3.43. The maximum atomic E-state index is 10.9. The number of primary amides is 1. The van der Waals surface area contributed by atoms with Crippen LogP contribution < -0.4 is 20.5 Å². The summed E-state index contributed by atoms with van der Waals surface area (Å²) >= 11 is 2.17. The summed E-state index contributed by atoms with van der Waals surface area (Å²) in [5.41, 5.74) is 6.26. The van der Waals surface area contributed by atoms with Gasteiger partial charge in [0.15, 0.2) is 18.1 Å². The lowest BCUT2D eigenvalue weighted by Gasteiger charge is -2.21. The number of hydrogen-bond donors (Lipinski definition) is 2. The van der Waals surface area contributed by atoms with E-state index in [4.69, 9.17) is 15.2 Å². The molecule has 0 aliphatic carbocycles. The van der Waals surface area contributed by atoms with Crippen molar-refractivity contribution < 1.29 is 14.3 Å². The van der Waals surface area contributed by atoms with Crippen LogP contribution in [-0.2, 0) is 11.3 Å². The van der Waals surface area contributed by atoms with Gasteiger partial charge in [-0.3, -0.25) is 4.79 Å². The minimum atomic E-state index is -0.508. The molecule has 0 saturated heterocycles. The molecule has 0 aliphatic rings. The second-order valence-corrected chi connectivity index (χ2v) is 6.86. The number of rotatable bonds is 7. The Hall–Kier alpha value is -1.02. The van der Waals surface area contributed by atoms with Gasteiger partial charge in [0.05, 0.1) is 10.2 Å². The van der Waals surface area contributed by atoms with Crippen molar-refractivity contribution in [3.63, 3.8) is 0 Å². The molecule has 0 atom stereocenters. The van der Waals surface area contributed by atoms with Crippen LogP contribution >= 0.6 is 22.6 Å². The van der Waals surface area contributed by atoms with Gasteiger partial charge in [-0.2, -0.15) is 0 Å². The summed E-state index contributed by atoms with van der Waals surface area (Å²) in [6, 6.07) is 3.94. The third-order valence-corrected chi connectivity index (χ3v) is 3.35. The third-order valence-electron chi connectivity index (χ3n) is 2.55. The van der Waals surface area contributed by atoms with Gasteiger partial charge < -0.3 is 20.5 Å². The van der Waals surface area contributed by atoms with E-state index in [2.05, 4.69) is 48.7 Å². The van der Waals surface area contributed by atoms with E-state index in [-0.39, 0.29) is 12.1 Å². The molecule has 1 aromatic carbocycles. The van der Waals surface area contributed by atoms with Crippen molar-refractivity contribution in [3.05, 3.63) is 21.3 Å². The highest BCUT2D eigenvalue weighted by Crippen LogP contribution is 2.34. The standard InChI is InChI=1S/C15H23IN2O3/c1-5-20-12-7-10(8-18-15(2,3)4)6-11(16)14(12)21-9-13(17)19/h6-7,18H,5,8-9H2,1-4H3,(H2,17,19). The quantitative estimate of drug-likeness (QED) is 0.683. The molecular formula is C15H23IN2O3. The van der Waals surface area contributed by atoms with Gasteiger partial charge in [-0.15, -0.1) is 0 Å². The Morgan fingerprint density at radius 3 is 2.52 bits per heavy atom. The molecule has 3 N–H and O–H groups in total. The fraction of sp³-hybridized carbons (Fsp3) is 0.533. The molecule has 6 heteroatoms. The number of amides is 1. The number of ether oxygens (including phenoxy) is 2. The molecule has 118 valence electrons. The van der Waals surface area contributed by atoms with E-state index in [0.29, 0.717) is 18.1 Å². The van der Waals surface area contributed by atoms with Crippen LogP contribution in [0, 0.1) is 3.57 Å². The molecule has 0 aliphatic heterocycles. The first kappa shape index (κ1) is 18.0. The molecule has 0 bridgehead atoms. The van der Waals surface area contributed by atoms with Crippen LogP contribution in [0.15, 0.2) is 12.1 Å². The Bertz CT molecular complexity index is 498. The summed E-state index contributed by atoms with van der Waals surface area (Å²) in [6.07, 6.45) is 0. The highest BCUT2D eigenvalue weighted by atomic mass is 127. The minimum absolute atomic E-state index is 0.0400. The van der Waals surface area contributed by atoms with Crippen LogP contribution in [0.1, 0.15) is 33.3 Å². The van der Waals surface area contributed by atoms with Gasteiger partial charge in [0, 0.05) is 12.1 Å². The predicted octanol–water partition coefficient (Wildman–Crippen LogP) is 2.44. The molecule has 0 unspecified atom stereocenters. The van der Waals surface area contributed by atoms with Gasteiger partial charge in [0.1, 0.15) is 0 Å². The van der Waals surface area contributed by atoms with Crippen molar-refractivity contribution in [2.24, 2.45) is 5.73 Å². The molecular weight excluding hydrogens is 383 g/mol. The Morgan fingerprint density at radius 1 is 1.33 bits per heavy atom. The molecule has 0 fully saturated rings. The van der Waals surface area contributed by atoms with Crippen molar-refractivity contribution in [3.8, 4) is 11.5 Å². The summed E-state index contributed by atoms with van der Waals surface area (Å²) in [5.74, 6) is 0.693. The van der Waals surface area contributed by atoms with Crippen LogP contribution in [-0.4, -0.2) is 24.7 Å². The van der Waals surface area contributed by atoms with E-state index in [0.717, 1.165) is 15.7 Å². The van der Waals surface area contributed by atoms with E-state index >= 15 is 0 Å². The predicted molar refractivity (Wildman–Crippen MR) is 91.6 cm³/mol. The third kappa shape index (κ3) is 6.52. The van der Waals surface area contributed by atoms with E-state index in [1.54, 1.807) is 0 Å². The highest BCUT2D eigenvalue weighted by molar-refractivity contribution is 14.1. The van der Waals surface area contributed by atoms with Crippen molar-refractivity contribution in [1.82, 2.24) is 5.32 Å². The Kier molecular flexibility index (Phi) is 6.73. The average Bonchev–Trinajstić information content (AvgIpc) is 2.34. The minimum Gasteiger partial charge on any atom is -0.490 e. The van der Waals surface area contributed by atoms with E-state index < -0.39 is 5.91 Å². The van der Waals surface area contributed by atoms with Gasteiger partial charge in [-0.05, 0) is 68.0 Å². The van der Waals surface area contributed by atoms with Gasteiger partial charge in [-0.25, -0.2) is 0 Å². The van der Waals surface area contributed by atoms with Crippen molar-refractivity contribution >= 4 is 28.5 Å². The van der Waals surface area contributed by atoms with E-state index in [1.165, 1.54) is 0 Å². The Morgan fingerprint density at radius 2 is 2.00 bits per heavy atom. The van der Waals surface area contributed by atoms with Gasteiger partial charge >= 0.3 is 0 Å².